The number of carbonyl (C=O) groups is 1. The van der Waals surface area contributed by atoms with Crippen molar-refractivity contribution in [2.24, 2.45) is 0 Å². The molecule has 0 atom stereocenters. The molecule has 6 nitrogen and oxygen atoms in total. The fraction of sp³-hybridized carbons (Fsp3) is 0.150. The van der Waals surface area contributed by atoms with Crippen LogP contribution < -0.4 is 10.1 Å². The SMILES string of the molecule is COCCOc1cccc(/C=C(\Cl)c2nnc(C(=O)Nc3ccccc3)s2)c1. The van der Waals surface area contributed by atoms with E-state index in [1.54, 1.807) is 25.3 Å². The molecule has 0 aliphatic rings. The highest BCUT2D eigenvalue weighted by molar-refractivity contribution is 7.15. The van der Waals surface area contributed by atoms with Gasteiger partial charge < -0.3 is 14.8 Å². The van der Waals surface area contributed by atoms with Crippen molar-refractivity contribution in [2.75, 3.05) is 25.6 Å². The Morgan fingerprint density at radius 2 is 1.89 bits per heavy atom. The van der Waals surface area contributed by atoms with Crippen LogP contribution in [0.15, 0.2) is 54.6 Å². The van der Waals surface area contributed by atoms with Crippen molar-refractivity contribution in [1.29, 1.82) is 0 Å². The van der Waals surface area contributed by atoms with Crippen LogP contribution in [0.5, 0.6) is 5.75 Å². The van der Waals surface area contributed by atoms with Gasteiger partial charge in [0, 0.05) is 12.8 Å². The molecule has 0 aliphatic heterocycles. The molecule has 0 fully saturated rings. The lowest BCUT2D eigenvalue weighted by molar-refractivity contribution is 0.102. The monoisotopic (exact) mass is 415 g/mol. The normalized spacial score (nSPS) is 11.3. The Bertz CT molecular complexity index is 960. The third-order valence-electron chi connectivity index (χ3n) is 3.56. The number of rotatable bonds is 8. The maximum absolute atomic E-state index is 12.3. The number of hydrogen-bond donors (Lipinski definition) is 1. The number of methoxy groups -OCH3 is 1. The third-order valence-corrected chi connectivity index (χ3v) is 4.92. The van der Waals surface area contributed by atoms with E-state index in [4.69, 9.17) is 21.1 Å². The van der Waals surface area contributed by atoms with E-state index in [2.05, 4.69) is 15.5 Å². The summed E-state index contributed by atoms with van der Waals surface area (Å²) in [7, 11) is 1.62. The van der Waals surface area contributed by atoms with Crippen LogP contribution in [0.2, 0.25) is 0 Å². The van der Waals surface area contributed by atoms with Gasteiger partial charge in [0.25, 0.3) is 5.91 Å². The van der Waals surface area contributed by atoms with Crippen LogP contribution in [0.4, 0.5) is 5.69 Å². The van der Waals surface area contributed by atoms with E-state index < -0.39 is 0 Å². The van der Waals surface area contributed by atoms with Gasteiger partial charge in [-0.05, 0) is 35.9 Å². The summed E-state index contributed by atoms with van der Waals surface area (Å²) in [6.07, 6.45) is 1.75. The molecule has 1 heterocycles. The Hall–Kier alpha value is -2.74. The first-order valence-electron chi connectivity index (χ1n) is 8.45. The predicted octanol–water partition coefficient (Wildman–Crippen LogP) is 4.55. The number of nitrogens with one attached hydrogen (secondary N) is 1. The molecule has 0 radical (unpaired) electrons. The number of para-hydroxylation sites is 1. The van der Waals surface area contributed by atoms with Crippen LogP contribution in [0.25, 0.3) is 11.1 Å². The molecule has 0 unspecified atom stereocenters. The summed E-state index contributed by atoms with van der Waals surface area (Å²) in [5, 5.41) is 11.8. The Morgan fingerprint density at radius 1 is 1.11 bits per heavy atom. The van der Waals surface area contributed by atoms with E-state index in [9.17, 15) is 4.79 Å². The highest BCUT2D eigenvalue weighted by Gasteiger charge is 2.14. The predicted molar refractivity (Wildman–Crippen MR) is 112 cm³/mol. The van der Waals surface area contributed by atoms with Gasteiger partial charge in [0.05, 0.1) is 11.6 Å². The lowest BCUT2D eigenvalue weighted by Gasteiger charge is -2.06. The van der Waals surface area contributed by atoms with Crippen molar-refractivity contribution in [2.45, 2.75) is 0 Å². The van der Waals surface area contributed by atoms with E-state index in [1.807, 2.05) is 42.5 Å². The maximum Gasteiger partial charge on any atom is 0.286 e. The van der Waals surface area contributed by atoms with Gasteiger partial charge in [0.1, 0.15) is 12.4 Å². The number of halogens is 1. The molecule has 3 rings (SSSR count). The number of ether oxygens (including phenoxy) is 2. The average molecular weight is 416 g/mol. The van der Waals surface area contributed by atoms with Crippen molar-refractivity contribution in [1.82, 2.24) is 10.2 Å². The molecule has 3 aromatic rings. The van der Waals surface area contributed by atoms with Crippen molar-refractivity contribution in [3.63, 3.8) is 0 Å². The first-order chi connectivity index (χ1) is 13.7. The zero-order chi connectivity index (χ0) is 19.8. The Kier molecular flexibility index (Phi) is 7.13. The molecule has 28 heavy (non-hydrogen) atoms. The standard InChI is InChI=1S/C20H18ClN3O3S/c1-26-10-11-27-16-9-5-6-14(12-16)13-17(21)19-23-24-20(28-19)18(25)22-15-7-3-2-4-8-15/h2-9,12-13H,10-11H2,1H3,(H,22,25)/b17-13-. The van der Waals surface area contributed by atoms with Gasteiger partial charge in [-0.15, -0.1) is 10.2 Å². The highest BCUT2D eigenvalue weighted by Crippen LogP contribution is 2.26. The maximum atomic E-state index is 12.3. The van der Waals surface area contributed by atoms with E-state index in [0.29, 0.717) is 28.9 Å². The topological polar surface area (TPSA) is 73.3 Å². The van der Waals surface area contributed by atoms with Gasteiger partial charge in [-0.25, -0.2) is 0 Å². The van der Waals surface area contributed by atoms with Gasteiger partial charge in [-0.3, -0.25) is 4.79 Å². The summed E-state index contributed by atoms with van der Waals surface area (Å²) in [6.45, 7) is 0.979. The van der Waals surface area contributed by atoms with Crippen molar-refractivity contribution in [3.8, 4) is 5.75 Å². The van der Waals surface area contributed by atoms with Gasteiger partial charge in [-0.1, -0.05) is 53.3 Å². The average Bonchev–Trinajstić information content (AvgIpc) is 3.20. The van der Waals surface area contributed by atoms with Gasteiger partial charge in [0.2, 0.25) is 5.01 Å². The molecule has 1 amide bonds. The zero-order valence-corrected chi connectivity index (χ0v) is 16.7. The Labute approximate surface area is 171 Å². The van der Waals surface area contributed by atoms with Crippen LogP contribution in [0, 0.1) is 0 Å². The first-order valence-corrected chi connectivity index (χ1v) is 9.64. The molecule has 0 aliphatic carbocycles. The second-order valence-electron chi connectivity index (χ2n) is 5.64. The molecule has 8 heteroatoms. The van der Waals surface area contributed by atoms with E-state index in [-0.39, 0.29) is 10.9 Å². The lowest BCUT2D eigenvalue weighted by atomic mass is 10.2. The number of carbonyl (C=O) groups excluding carboxylic acids is 1. The van der Waals surface area contributed by atoms with Gasteiger partial charge >= 0.3 is 0 Å². The lowest BCUT2D eigenvalue weighted by Crippen LogP contribution is -2.11. The summed E-state index contributed by atoms with van der Waals surface area (Å²) in [6, 6.07) is 16.7. The van der Waals surface area contributed by atoms with Crippen molar-refractivity contribution >= 4 is 45.6 Å². The summed E-state index contributed by atoms with van der Waals surface area (Å²) >= 11 is 7.50. The molecule has 2 aromatic carbocycles. The van der Waals surface area contributed by atoms with Crippen LogP contribution in [-0.4, -0.2) is 36.4 Å². The quantitative estimate of drug-likeness (QED) is 0.546. The first kappa shape index (κ1) is 20.0. The molecule has 0 saturated carbocycles. The second-order valence-corrected chi connectivity index (χ2v) is 7.02. The summed E-state index contributed by atoms with van der Waals surface area (Å²) < 4.78 is 10.6. The fourth-order valence-electron chi connectivity index (χ4n) is 2.26. The fourth-order valence-corrected chi connectivity index (χ4v) is 3.19. The number of nitrogens with zero attached hydrogens (tertiary/aromatic N) is 2. The van der Waals surface area contributed by atoms with Crippen LogP contribution >= 0.6 is 22.9 Å². The van der Waals surface area contributed by atoms with Crippen molar-refractivity contribution in [3.05, 3.63) is 70.2 Å². The molecule has 1 aromatic heterocycles. The highest BCUT2D eigenvalue weighted by atomic mass is 35.5. The smallest absolute Gasteiger partial charge is 0.286 e. The molecule has 1 N–H and O–H groups in total. The minimum Gasteiger partial charge on any atom is -0.491 e. The zero-order valence-electron chi connectivity index (χ0n) is 15.1. The summed E-state index contributed by atoms with van der Waals surface area (Å²) in [4.78, 5) is 12.3. The van der Waals surface area contributed by atoms with Crippen LogP contribution in [0.1, 0.15) is 20.4 Å². The number of amides is 1. The molecular formula is C20H18ClN3O3S. The number of aromatic nitrogens is 2. The van der Waals surface area contributed by atoms with Crippen molar-refractivity contribution < 1.29 is 14.3 Å². The van der Waals surface area contributed by atoms with E-state index in [1.165, 1.54) is 0 Å². The molecule has 0 saturated heterocycles. The summed E-state index contributed by atoms with van der Waals surface area (Å²) in [5.74, 6) is 0.392. The van der Waals surface area contributed by atoms with Crippen LogP contribution in [-0.2, 0) is 4.74 Å². The van der Waals surface area contributed by atoms with E-state index >= 15 is 0 Å². The van der Waals surface area contributed by atoms with Gasteiger partial charge in [-0.2, -0.15) is 0 Å². The molecule has 144 valence electrons. The van der Waals surface area contributed by atoms with Gasteiger partial charge in [0.15, 0.2) is 5.01 Å². The molecule has 0 bridgehead atoms. The van der Waals surface area contributed by atoms with E-state index in [0.717, 1.165) is 22.6 Å². The summed E-state index contributed by atoms with van der Waals surface area (Å²) in [5.41, 5.74) is 1.54. The number of anilines is 1. The minimum atomic E-state index is -0.326. The Morgan fingerprint density at radius 3 is 2.68 bits per heavy atom. The Balaban J connectivity index is 1.68. The number of benzene rings is 2. The third kappa shape index (κ3) is 5.63. The van der Waals surface area contributed by atoms with Crippen LogP contribution in [0.3, 0.4) is 0 Å². The molecule has 0 spiro atoms. The second kappa shape index (κ2) is 9.98. The number of hydrogen-bond acceptors (Lipinski definition) is 6. The largest absolute Gasteiger partial charge is 0.491 e. The minimum absolute atomic E-state index is 0.238. The molecular weight excluding hydrogens is 398 g/mol.